The van der Waals surface area contributed by atoms with Crippen molar-refractivity contribution < 1.29 is 36.6 Å². The van der Waals surface area contributed by atoms with E-state index in [0.717, 1.165) is 18.6 Å². The second-order valence-electron chi connectivity index (χ2n) is 14.4. The standard InChI is InChI=1S/C30H49F3O5Si2/c1-28(2,3)39(7,8)37-22(19-35-21-13-11-12-20(16-21)30(31,32)33)14-15-23-24-17-27(34)36-25(23)18-26(24)38-40(9,10)29(4,5)6/h11-16,22-27,34H,17-19H2,1-10H3/b15-14+/t22-,23-,24-,25-,26+,27?/m1/s1. The Hall–Kier alpha value is -1.18. The smallest absolute Gasteiger partial charge is 0.416 e. The van der Waals surface area contributed by atoms with Gasteiger partial charge in [-0.15, -0.1) is 0 Å². The van der Waals surface area contributed by atoms with Gasteiger partial charge in [-0.3, -0.25) is 0 Å². The minimum Gasteiger partial charge on any atom is -0.491 e. The summed E-state index contributed by atoms with van der Waals surface area (Å²) in [6.45, 7) is 21.9. The van der Waals surface area contributed by atoms with Crippen LogP contribution in [0, 0.1) is 11.8 Å². The van der Waals surface area contributed by atoms with Crippen LogP contribution in [0.1, 0.15) is 59.9 Å². The Bertz CT molecular complexity index is 1030. The number of hydrogen-bond acceptors (Lipinski definition) is 5. The molecule has 6 atom stereocenters. The van der Waals surface area contributed by atoms with Crippen LogP contribution in [0.25, 0.3) is 0 Å². The molecule has 0 aromatic heterocycles. The van der Waals surface area contributed by atoms with Gasteiger partial charge in [0.15, 0.2) is 22.9 Å². The fourth-order valence-corrected chi connectivity index (χ4v) is 7.50. The molecule has 1 aliphatic carbocycles. The van der Waals surface area contributed by atoms with Crippen LogP contribution < -0.4 is 4.74 Å². The van der Waals surface area contributed by atoms with Crippen LogP contribution in [0.15, 0.2) is 36.4 Å². The van der Waals surface area contributed by atoms with E-state index in [-0.39, 0.29) is 46.5 Å². The van der Waals surface area contributed by atoms with Gasteiger partial charge in [-0.1, -0.05) is 59.8 Å². The van der Waals surface area contributed by atoms with Crippen LogP contribution in [-0.2, 0) is 19.8 Å². The van der Waals surface area contributed by atoms with Gasteiger partial charge in [-0.25, -0.2) is 0 Å². The van der Waals surface area contributed by atoms with Crippen molar-refractivity contribution in [1.82, 2.24) is 0 Å². The Morgan fingerprint density at radius 2 is 1.62 bits per heavy atom. The normalized spacial score (nSPS) is 27.3. The average molecular weight is 603 g/mol. The zero-order chi connectivity index (χ0) is 30.3. The molecule has 1 saturated heterocycles. The summed E-state index contributed by atoms with van der Waals surface area (Å²) >= 11 is 0. The van der Waals surface area contributed by atoms with Gasteiger partial charge in [0.05, 0.1) is 23.9 Å². The fraction of sp³-hybridized carbons (Fsp3) is 0.733. The Labute approximate surface area is 240 Å². The number of benzene rings is 1. The van der Waals surface area contributed by atoms with Gasteiger partial charge in [0.2, 0.25) is 0 Å². The summed E-state index contributed by atoms with van der Waals surface area (Å²) < 4.78 is 65.0. The first-order chi connectivity index (χ1) is 18.1. The van der Waals surface area contributed by atoms with Gasteiger partial charge in [-0.05, 0) is 66.8 Å². The molecule has 0 spiro atoms. The summed E-state index contributed by atoms with van der Waals surface area (Å²) in [6, 6.07) is 4.93. The number of ether oxygens (including phenoxy) is 2. The number of rotatable bonds is 9. The fourth-order valence-electron chi connectivity index (χ4n) is 4.86. The van der Waals surface area contributed by atoms with E-state index in [9.17, 15) is 18.3 Å². The van der Waals surface area contributed by atoms with Crippen molar-refractivity contribution in [3.8, 4) is 5.75 Å². The second kappa shape index (κ2) is 11.8. The predicted molar refractivity (Wildman–Crippen MR) is 157 cm³/mol. The quantitative estimate of drug-likeness (QED) is 0.228. The molecule has 2 bridgehead atoms. The third-order valence-corrected chi connectivity index (χ3v) is 18.3. The molecule has 228 valence electrons. The van der Waals surface area contributed by atoms with Crippen LogP contribution in [0.4, 0.5) is 13.2 Å². The lowest BCUT2D eigenvalue weighted by Gasteiger charge is -2.40. The van der Waals surface area contributed by atoms with E-state index in [1.54, 1.807) is 0 Å². The summed E-state index contributed by atoms with van der Waals surface area (Å²) in [5, 5.41) is 10.4. The van der Waals surface area contributed by atoms with E-state index < -0.39 is 40.8 Å². The van der Waals surface area contributed by atoms with Crippen molar-refractivity contribution >= 4 is 16.6 Å². The van der Waals surface area contributed by atoms with Crippen LogP contribution in [0.3, 0.4) is 0 Å². The van der Waals surface area contributed by atoms with Crippen LogP contribution in [0.5, 0.6) is 5.75 Å². The molecule has 40 heavy (non-hydrogen) atoms. The van der Waals surface area contributed by atoms with Crippen molar-refractivity contribution in [1.29, 1.82) is 0 Å². The molecule has 1 N–H and O–H groups in total. The lowest BCUT2D eigenvalue weighted by atomic mass is 9.88. The summed E-state index contributed by atoms with van der Waals surface area (Å²) in [5.74, 6) is 0.299. The summed E-state index contributed by atoms with van der Waals surface area (Å²) in [5.41, 5.74) is -0.746. The molecule has 2 aliphatic rings. The van der Waals surface area contributed by atoms with Crippen LogP contribution in [0.2, 0.25) is 36.3 Å². The molecule has 2 fully saturated rings. The van der Waals surface area contributed by atoms with E-state index in [4.69, 9.17) is 18.3 Å². The molecule has 1 unspecified atom stereocenters. The molecule has 0 amide bonds. The monoisotopic (exact) mass is 602 g/mol. The van der Waals surface area contributed by atoms with E-state index in [1.165, 1.54) is 12.1 Å². The lowest BCUT2D eigenvalue weighted by molar-refractivity contribution is -0.173. The molecule has 10 heteroatoms. The van der Waals surface area contributed by atoms with E-state index >= 15 is 0 Å². The minimum atomic E-state index is -4.44. The zero-order valence-corrected chi connectivity index (χ0v) is 27.8. The molecular formula is C30H49F3O5Si2. The average Bonchev–Trinajstić information content (AvgIpc) is 2.98. The van der Waals surface area contributed by atoms with Gasteiger partial charge in [0.25, 0.3) is 0 Å². The van der Waals surface area contributed by atoms with Crippen molar-refractivity contribution in [3.63, 3.8) is 0 Å². The van der Waals surface area contributed by atoms with Gasteiger partial charge in [0.1, 0.15) is 12.4 Å². The molecule has 1 heterocycles. The highest BCUT2D eigenvalue weighted by atomic mass is 28.4. The third-order valence-electron chi connectivity index (χ3n) is 9.30. The van der Waals surface area contributed by atoms with Crippen LogP contribution in [-0.4, -0.2) is 53.0 Å². The predicted octanol–water partition coefficient (Wildman–Crippen LogP) is 8.16. The number of fused-ring (bicyclic) bond motifs is 2. The van der Waals surface area contributed by atoms with Crippen molar-refractivity contribution in [2.75, 3.05) is 6.61 Å². The second-order valence-corrected chi connectivity index (χ2v) is 23.9. The Balaban J connectivity index is 1.82. The molecule has 1 aliphatic heterocycles. The number of aliphatic hydroxyl groups excluding tert-OH is 1. The summed E-state index contributed by atoms with van der Waals surface area (Å²) in [4.78, 5) is 0. The molecular weight excluding hydrogens is 553 g/mol. The summed E-state index contributed by atoms with van der Waals surface area (Å²) in [6.07, 6.45) is -0.576. The minimum absolute atomic E-state index is 0.00110. The first-order valence-electron chi connectivity index (χ1n) is 14.3. The maximum atomic E-state index is 13.2. The van der Waals surface area contributed by atoms with Crippen molar-refractivity contribution in [2.24, 2.45) is 11.8 Å². The van der Waals surface area contributed by atoms with Gasteiger partial charge in [0, 0.05) is 12.3 Å². The maximum absolute atomic E-state index is 13.2. The highest BCUT2D eigenvalue weighted by molar-refractivity contribution is 6.74. The molecule has 1 saturated carbocycles. The Morgan fingerprint density at radius 1 is 1.00 bits per heavy atom. The van der Waals surface area contributed by atoms with Gasteiger partial charge < -0.3 is 23.4 Å². The molecule has 1 aromatic rings. The Morgan fingerprint density at radius 3 is 2.20 bits per heavy atom. The first kappa shape index (κ1) is 33.3. The van der Waals surface area contributed by atoms with Crippen molar-refractivity contribution in [3.05, 3.63) is 42.0 Å². The lowest BCUT2D eigenvalue weighted by Crippen LogP contribution is -2.45. The van der Waals surface area contributed by atoms with E-state index in [2.05, 4.69) is 73.8 Å². The van der Waals surface area contributed by atoms with Crippen LogP contribution >= 0.6 is 0 Å². The number of halogens is 3. The Kier molecular flexibility index (Phi) is 9.86. The maximum Gasteiger partial charge on any atom is 0.416 e. The van der Waals surface area contributed by atoms with E-state index in [0.29, 0.717) is 6.42 Å². The van der Waals surface area contributed by atoms with Crippen molar-refractivity contribution in [2.45, 2.75) is 121 Å². The molecule has 1 aromatic carbocycles. The highest BCUT2D eigenvalue weighted by Gasteiger charge is 2.51. The number of hydrogen-bond donors (Lipinski definition) is 1. The SMILES string of the molecule is CC(C)(C)[Si](C)(C)O[C@H](/C=C/[C@@H]1[C@H]2CC(O)O[C@@H]1C[C@@H]2O[Si](C)(C)C(C)(C)C)COc1cccc(C(F)(F)F)c1. The number of aliphatic hydroxyl groups is 1. The summed E-state index contributed by atoms with van der Waals surface area (Å²) in [7, 11) is -4.26. The van der Waals surface area contributed by atoms with Gasteiger partial charge in [-0.2, -0.15) is 13.2 Å². The number of alkyl halides is 3. The topological polar surface area (TPSA) is 57.2 Å². The van der Waals surface area contributed by atoms with E-state index in [1.807, 2.05) is 6.08 Å². The zero-order valence-electron chi connectivity index (χ0n) is 25.8. The first-order valence-corrected chi connectivity index (χ1v) is 20.1. The molecule has 3 rings (SSSR count). The third kappa shape index (κ3) is 8.01. The largest absolute Gasteiger partial charge is 0.491 e. The van der Waals surface area contributed by atoms with Gasteiger partial charge >= 0.3 is 6.18 Å². The highest BCUT2D eigenvalue weighted by Crippen LogP contribution is 2.48. The molecule has 5 nitrogen and oxygen atoms in total. The molecule has 0 radical (unpaired) electrons.